The van der Waals surface area contributed by atoms with E-state index in [1.165, 1.54) is 89.0 Å². The van der Waals surface area contributed by atoms with Crippen molar-refractivity contribution in [1.29, 1.82) is 0 Å². The van der Waals surface area contributed by atoms with Crippen molar-refractivity contribution in [2.45, 2.75) is 217 Å². The summed E-state index contributed by atoms with van der Waals surface area (Å²) in [5, 5.41) is 0. The first-order valence-electron chi connectivity index (χ1n) is 26.3. The molecule has 3 heteroatoms. The predicted octanol–water partition coefficient (Wildman–Crippen LogP) is 15.2. The number of rotatable bonds is 8. The highest BCUT2D eigenvalue weighted by atomic mass is 16.5. The van der Waals surface area contributed by atoms with Gasteiger partial charge in [-0.05, 0) is 202 Å². The van der Waals surface area contributed by atoms with E-state index in [0.717, 1.165) is 86.9 Å². The third-order valence-electron chi connectivity index (χ3n) is 23.8. The predicted molar refractivity (Wildman–Crippen MR) is 247 cm³/mol. The maximum Gasteiger partial charge on any atom is 0.312 e. The van der Waals surface area contributed by atoms with E-state index in [-0.39, 0.29) is 44.6 Å². The fraction of sp³-hybridized carbons (Fsp3) is 0.895. The molecular formula is C57H90O3. The molecule has 9 aliphatic carbocycles. The minimum atomic E-state index is -0.372. The Morgan fingerprint density at radius 3 is 2.23 bits per heavy atom. The van der Waals surface area contributed by atoms with Crippen molar-refractivity contribution in [3.8, 4) is 0 Å². The van der Waals surface area contributed by atoms with Crippen LogP contribution in [0.3, 0.4) is 0 Å². The first-order chi connectivity index (χ1) is 28.2. The van der Waals surface area contributed by atoms with Gasteiger partial charge in [0, 0.05) is 18.3 Å². The number of ketones is 1. The van der Waals surface area contributed by atoms with Gasteiger partial charge in [-0.25, -0.2) is 0 Å². The summed E-state index contributed by atoms with van der Waals surface area (Å²) >= 11 is 0. The van der Waals surface area contributed by atoms with Gasteiger partial charge in [0.05, 0.1) is 5.41 Å². The van der Waals surface area contributed by atoms with Crippen LogP contribution in [0.15, 0.2) is 23.8 Å². The van der Waals surface area contributed by atoms with Crippen LogP contribution in [0.5, 0.6) is 0 Å². The van der Waals surface area contributed by atoms with E-state index in [4.69, 9.17) is 4.74 Å². The summed E-state index contributed by atoms with van der Waals surface area (Å²) in [7, 11) is 0. The molecule has 0 aliphatic heterocycles. The Kier molecular flexibility index (Phi) is 10.8. The zero-order chi connectivity index (χ0) is 43.0. The Morgan fingerprint density at radius 1 is 0.750 bits per heavy atom. The molecule has 0 aromatic rings. The first-order valence-corrected chi connectivity index (χ1v) is 26.3. The van der Waals surface area contributed by atoms with Crippen LogP contribution >= 0.6 is 0 Å². The van der Waals surface area contributed by atoms with Gasteiger partial charge in [-0.3, -0.25) is 9.59 Å². The molecule has 0 heterocycles. The normalized spacial score (nSPS) is 50.8. The highest BCUT2D eigenvalue weighted by Gasteiger charge is 2.72. The first kappa shape index (κ1) is 43.9. The van der Waals surface area contributed by atoms with Gasteiger partial charge in [-0.15, -0.1) is 0 Å². The smallest absolute Gasteiger partial charge is 0.312 e. The monoisotopic (exact) mass is 823 g/mol. The molecular weight excluding hydrogens is 733 g/mol. The molecule has 9 rings (SSSR count). The number of ether oxygens (including phenoxy) is 1. The lowest BCUT2D eigenvalue weighted by Crippen LogP contribution is -2.66. The van der Waals surface area contributed by atoms with Crippen LogP contribution < -0.4 is 0 Å². The molecule has 0 bridgehead atoms. The van der Waals surface area contributed by atoms with Crippen molar-refractivity contribution in [1.82, 2.24) is 0 Å². The molecule has 0 radical (unpaired) electrons. The molecule has 17 atom stereocenters. The van der Waals surface area contributed by atoms with E-state index < -0.39 is 0 Å². The van der Waals surface area contributed by atoms with Gasteiger partial charge in [-0.2, -0.15) is 0 Å². The van der Waals surface area contributed by atoms with Crippen molar-refractivity contribution >= 4 is 11.8 Å². The SMILES string of the molecule is C=C(C)[C@@H]1CC[C@]2(C(=O)O[C@H]3CC[C@@]4(C)C(=CC[C@H]5[C@@H]6CC[C@H]([C@H](C)CCCC(C)C)[C@@]6(C)CC[C@@H]54)C3)CC[C@]3(C)[C@H](CC[C@@H]4[C@@]5(C)CCC(=O)C(C)(C)C5CC[C@]43C)C12. The minimum absolute atomic E-state index is 0.0258. The average molecular weight is 823 g/mol. The van der Waals surface area contributed by atoms with Gasteiger partial charge < -0.3 is 4.74 Å². The summed E-state index contributed by atoms with van der Waals surface area (Å²) in [6, 6.07) is 0. The third kappa shape index (κ3) is 6.09. The molecule has 0 amide bonds. The standard InChI is InChI=1S/C57H90O3/c1-35(2)14-13-15-37(5)42-18-19-43-41-17-16-38-34-39(22-27-52(38,8)44(41)24-28-53(42,43)9)60-50(59)57-31-23-40(36(3)4)49(57)45-20-21-47-54(10)29-26-48(58)51(6,7)46(54)25-30-56(47,12)55(45,11)32-33-57/h16,35,37,39-47,49H,3,13-15,17-34H2,1-2,4-12H3/t37-,39+,40+,41+,42-,43+,44+,45-,46?,47-,49?,52+,53-,54+,55-,56-,57+/m1/s1. The Morgan fingerprint density at radius 2 is 1.50 bits per heavy atom. The average Bonchev–Trinajstić information content (AvgIpc) is 3.76. The van der Waals surface area contributed by atoms with Crippen molar-refractivity contribution in [3.05, 3.63) is 23.8 Å². The topological polar surface area (TPSA) is 43.4 Å². The highest BCUT2D eigenvalue weighted by Crippen LogP contribution is 2.78. The maximum absolute atomic E-state index is 15.2. The van der Waals surface area contributed by atoms with E-state index in [1.807, 2.05) is 0 Å². The summed E-state index contributed by atoms with van der Waals surface area (Å²) in [6.45, 7) is 32.1. The lowest BCUT2D eigenvalue weighted by atomic mass is 9.32. The van der Waals surface area contributed by atoms with Crippen LogP contribution in [0.1, 0.15) is 211 Å². The van der Waals surface area contributed by atoms with Crippen molar-refractivity contribution in [3.63, 3.8) is 0 Å². The molecule has 3 nitrogen and oxygen atoms in total. The molecule has 0 aromatic heterocycles. The van der Waals surface area contributed by atoms with Gasteiger partial charge in [0.1, 0.15) is 11.9 Å². The number of fused-ring (bicyclic) bond motifs is 12. The lowest BCUT2D eigenvalue weighted by molar-refractivity contribution is -0.237. The van der Waals surface area contributed by atoms with Crippen LogP contribution in [0.4, 0.5) is 0 Å². The fourth-order valence-corrected chi connectivity index (χ4v) is 20.3. The Labute approximate surface area is 368 Å². The van der Waals surface area contributed by atoms with Gasteiger partial charge >= 0.3 is 5.97 Å². The number of carbonyl (C=O) groups is 2. The van der Waals surface area contributed by atoms with Crippen LogP contribution in [-0.4, -0.2) is 17.9 Å². The number of allylic oxidation sites excluding steroid dienone is 2. The number of hydrogen-bond acceptors (Lipinski definition) is 3. The molecule has 8 fully saturated rings. The van der Waals surface area contributed by atoms with Crippen LogP contribution in [-0.2, 0) is 14.3 Å². The largest absolute Gasteiger partial charge is 0.462 e. The van der Waals surface area contributed by atoms with Crippen LogP contribution in [0.25, 0.3) is 0 Å². The lowest BCUT2D eigenvalue weighted by Gasteiger charge is -2.72. The molecule has 0 N–H and O–H groups in total. The molecule has 2 unspecified atom stereocenters. The maximum atomic E-state index is 15.2. The summed E-state index contributed by atoms with van der Waals surface area (Å²) in [6.07, 6.45) is 27.9. The highest BCUT2D eigenvalue weighted by molar-refractivity contribution is 5.85. The Bertz CT molecular complexity index is 1750. The second-order valence-corrected chi connectivity index (χ2v) is 26.5. The van der Waals surface area contributed by atoms with E-state index in [9.17, 15) is 4.79 Å². The molecule has 60 heavy (non-hydrogen) atoms. The van der Waals surface area contributed by atoms with Gasteiger partial charge in [0.2, 0.25) is 0 Å². The molecule has 0 saturated heterocycles. The molecule has 0 aromatic carbocycles. The summed E-state index contributed by atoms with van der Waals surface area (Å²) in [5.41, 5.74) is 3.74. The Hall–Kier alpha value is -1.38. The molecule has 0 spiro atoms. The second kappa shape index (κ2) is 14.8. The number of carbonyl (C=O) groups excluding carboxylic acids is 2. The van der Waals surface area contributed by atoms with Crippen molar-refractivity contribution < 1.29 is 14.3 Å². The van der Waals surface area contributed by atoms with Crippen LogP contribution in [0, 0.1) is 103 Å². The van der Waals surface area contributed by atoms with Crippen molar-refractivity contribution in [2.75, 3.05) is 0 Å². The molecule has 336 valence electrons. The summed E-state index contributed by atoms with van der Waals surface area (Å²) < 4.78 is 6.99. The summed E-state index contributed by atoms with van der Waals surface area (Å²) in [4.78, 5) is 28.5. The Balaban J connectivity index is 0.913. The second-order valence-electron chi connectivity index (χ2n) is 26.5. The minimum Gasteiger partial charge on any atom is -0.462 e. The van der Waals surface area contributed by atoms with Crippen molar-refractivity contribution in [2.24, 2.45) is 103 Å². The summed E-state index contributed by atoms with van der Waals surface area (Å²) in [5.74, 6) is 8.12. The molecule has 9 aliphatic rings. The quantitative estimate of drug-likeness (QED) is 0.181. The van der Waals surface area contributed by atoms with E-state index in [0.29, 0.717) is 40.8 Å². The van der Waals surface area contributed by atoms with E-state index in [2.05, 4.69) is 88.8 Å². The van der Waals surface area contributed by atoms with Gasteiger partial charge in [-0.1, -0.05) is 112 Å². The van der Waals surface area contributed by atoms with Gasteiger partial charge in [0.25, 0.3) is 0 Å². The fourth-order valence-electron chi connectivity index (χ4n) is 20.3. The number of hydrogen-bond donors (Lipinski definition) is 0. The third-order valence-corrected chi connectivity index (χ3v) is 23.8. The van der Waals surface area contributed by atoms with E-state index in [1.54, 1.807) is 5.57 Å². The van der Waals surface area contributed by atoms with Gasteiger partial charge in [0.15, 0.2) is 0 Å². The van der Waals surface area contributed by atoms with Crippen LogP contribution in [0.2, 0.25) is 0 Å². The number of Topliss-reactive ketones (excluding diaryl/α,β-unsaturated/α-hetero) is 1. The zero-order valence-electron chi connectivity index (χ0n) is 40.8. The van der Waals surface area contributed by atoms with E-state index >= 15 is 4.79 Å². The zero-order valence-corrected chi connectivity index (χ0v) is 40.8. The number of esters is 1. The molecule has 8 saturated carbocycles.